The molecule has 2 atom stereocenters. The van der Waals surface area contributed by atoms with Gasteiger partial charge in [-0.05, 0) is 33.3 Å². The summed E-state index contributed by atoms with van der Waals surface area (Å²) < 4.78 is 8.26. The van der Waals surface area contributed by atoms with Gasteiger partial charge in [-0.1, -0.05) is 5.16 Å². The molecule has 12 nitrogen and oxygen atoms in total. The standard InChI is InChI=1S/C23H27N9O3/c1-23(2,3)32-10-17(18(30-32)13-9-26-35-11-13)28-22(34)27-16-7-14(16)15-6-12-8-25-21(24-4)29-19(12)31(5)20(15)33/h6,8-11,14,16H,7H2,1-5H3,(H,24,25,29)(H2,27,28,34). The van der Waals surface area contributed by atoms with Crippen LogP contribution in [0.1, 0.15) is 38.7 Å². The Labute approximate surface area is 200 Å². The molecular formula is C23H27N9O3. The zero-order valence-electron chi connectivity index (χ0n) is 20.2. The lowest BCUT2D eigenvalue weighted by atomic mass is 10.1. The number of carbonyl (C=O) groups excluding carboxylic acids is 1. The minimum absolute atomic E-state index is 0.0809. The van der Waals surface area contributed by atoms with Crippen molar-refractivity contribution in [2.75, 3.05) is 17.7 Å². The summed E-state index contributed by atoms with van der Waals surface area (Å²) >= 11 is 0. The summed E-state index contributed by atoms with van der Waals surface area (Å²) in [5.41, 5.74) is 2.54. The lowest BCUT2D eigenvalue weighted by molar-refractivity contribution is 0.251. The van der Waals surface area contributed by atoms with Gasteiger partial charge in [0, 0.05) is 49.4 Å². The maximum Gasteiger partial charge on any atom is 0.319 e. The van der Waals surface area contributed by atoms with Crippen LogP contribution < -0.4 is 21.5 Å². The third kappa shape index (κ3) is 4.22. The van der Waals surface area contributed by atoms with E-state index < -0.39 is 0 Å². The molecule has 2 unspecified atom stereocenters. The first kappa shape index (κ1) is 22.6. The van der Waals surface area contributed by atoms with Crippen LogP contribution in [0.2, 0.25) is 0 Å². The van der Waals surface area contributed by atoms with Gasteiger partial charge in [0.1, 0.15) is 17.6 Å². The number of aromatic nitrogens is 6. The average Bonchev–Trinajstić information content (AvgIpc) is 3.19. The third-order valence-electron chi connectivity index (χ3n) is 6.06. The molecule has 2 amide bonds. The van der Waals surface area contributed by atoms with Crippen molar-refractivity contribution >= 4 is 28.7 Å². The fourth-order valence-electron chi connectivity index (χ4n) is 4.03. The fraction of sp³-hybridized carbons (Fsp3) is 0.391. The lowest BCUT2D eigenvalue weighted by Crippen LogP contribution is -2.32. The molecule has 4 aromatic heterocycles. The van der Waals surface area contributed by atoms with Crippen molar-refractivity contribution in [2.24, 2.45) is 7.05 Å². The van der Waals surface area contributed by atoms with Gasteiger partial charge in [0.05, 0.1) is 23.0 Å². The normalized spacial score (nSPS) is 17.4. The second-order valence-electron chi connectivity index (χ2n) is 9.65. The van der Waals surface area contributed by atoms with Crippen molar-refractivity contribution in [2.45, 2.75) is 44.7 Å². The SMILES string of the molecule is CNc1ncc2cc(C3CC3NC(=O)Nc3cn(C(C)(C)C)nc3-c3cnoc3)c(=O)n(C)c2n1. The zero-order valence-corrected chi connectivity index (χ0v) is 20.2. The number of urea groups is 1. The number of nitrogens with zero attached hydrogens (tertiary/aromatic N) is 6. The molecule has 0 bridgehead atoms. The van der Waals surface area contributed by atoms with Crippen LogP contribution in [-0.4, -0.2) is 48.6 Å². The van der Waals surface area contributed by atoms with E-state index in [1.54, 1.807) is 37.4 Å². The maximum absolute atomic E-state index is 13.0. The van der Waals surface area contributed by atoms with E-state index in [-0.39, 0.29) is 29.1 Å². The Kier molecular flexibility index (Phi) is 5.30. The van der Waals surface area contributed by atoms with Crippen LogP contribution in [0.4, 0.5) is 16.4 Å². The van der Waals surface area contributed by atoms with E-state index in [1.165, 1.54) is 10.8 Å². The van der Waals surface area contributed by atoms with Crippen LogP contribution in [0.25, 0.3) is 22.3 Å². The Hall–Kier alpha value is -4.22. The maximum atomic E-state index is 13.0. The second-order valence-corrected chi connectivity index (χ2v) is 9.65. The van der Waals surface area contributed by atoms with Crippen LogP contribution in [0.3, 0.4) is 0 Å². The fourth-order valence-corrected chi connectivity index (χ4v) is 4.03. The third-order valence-corrected chi connectivity index (χ3v) is 6.06. The van der Waals surface area contributed by atoms with Gasteiger partial charge in [-0.2, -0.15) is 10.1 Å². The van der Waals surface area contributed by atoms with E-state index in [1.807, 2.05) is 26.8 Å². The first-order valence-corrected chi connectivity index (χ1v) is 11.3. The second kappa shape index (κ2) is 8.22. The van der Waals surface area contributed by atoms with E-state index >= 15 is 0 Å². The summed E-state index contributed by atoms with van der Waals surface area (Å²) in [5, 5.41) is 17.9. The molecule has 0 aromatic carbocycles. The van der Waals surface area contributed by atoms with Crippen LogP contribution in [0, 0.1) is 0 Å². The largest absolute Gasteiger partial charge is 0.364 e. The molecule has 0 aliphatic heterocycles. The highest BCUT2D eigenvalue weighted by Crippen LogP contribution is 2.40. The topological polar surface area (TPSA) is 145 Å². The highest BCUT2D eigenvalue weighted by Gasteiger charge is 2.42. The molecule has 12 heteroatoms. The lowest BCUT2D eigenvalue weighted by Gasteiger charge is -2.18. The summed E-state index contributed by atoms with van der Waals surface area (Å²) in [7, 11) is 3.42. The van der Waals surface area contributed by atoms with Gasteiger partial charge in [0.15, 0.2) is 0 Å². The number of amides is 2. The smallest absolute Gasteiger partial charge is 0.319 e. The number of anilines is 2. The van der Waals surface area contributed by atoms with Gasteiger partial charge in [0.25, 0.3) is 5.56 Å². The first-order valence-electron chi connectivity index (χ1n) is 11.3. The van der Waals surface area contributed by atoms with Crippen LogP contribution in [-0.2, 0) is 12.6 Å². The quantitative estimate of drug-likeness (QED) is 0.398. The van der Waals surface area contributed by atoms with Crippen molar-refractivity contribution in [3.8, 4) is 11.3 Å². The number of hydrogen-bond acceptors (Lipinski definition) is 8. The van der Waals surface area contributed by atoms with Gasteiger partial charge < -0.3 is 20.5 Å². The van der Waals surface area contributed by atoms with Crippen LogP contribution >= 0.6 is 0 Å². The summed E-state index contributed by atoms with van der Waals surface area (Å²) in [6.07, 6.45) is 7.17. The summed E-state index contributed by atoms with van der Waals surface area (Å²) in [5.74, 6) is 0.367. The Morgan fingerprint density at radius 2 is 2.06 bits per heavy atom. The Morgan fingerprint density at radius 3 is 2.74 bits per heavy atom. The van der Waals surface area contributed by atoms with E-state index in [0.717, 1.165) is 5.39 Å². The van der Waals surface area contributed by atoms with Crippen LogP contribution in [0.5, 0.6) is 0 Å². The average molecular weight is 478 g/mol. The number of rotatable bonds is 5. The van der Waals surface area contributed by atoms with Crippen molar-refractivity contribution in [3.63, 3.8) is 0 Å². The Balaban J connectivity index is 1.33. The minimum Gasteiger partial charge on any atom is -0.364 e. The van der Waals surface area contributed by atoms with E-state index in [4.69, 9.17) is 4.52 Å². The van der Waals surface area contributed by atoms with Crippen LogP contribution in [0.15, 0.2) is 40.2 Å². The van der Waals surface area contributed by atoms with E-state index in [2.05, 4.69) is 36.2 Å². The Bertz CT molecular complexity index is 1460. The molecule has 1 fully saturated rings. The molecule has 0 radical (unpaired) electrons. The summed E-state index contributed by atoms with van der Waals surface area (Å²) in [4.78, 5) is 34.5. The predicted molar refractivity (Wildman–Crippen MR) is 130 cm³/mol. The molecule has 182 valence electrons. The number of fused-ring (bicyclic) bond motifs is 1. The zero-order chi connectivity index (χ0) is 24.9. The number of aryl methyl sites for hydroxylation is 1. The molecule has 3 N–H and O–H groups in total. The highest BCUT2D eigenvalue weighted by atomic mass is 16.5. The van der Waals surface area contributed by atoms with Crippen molar-refractivity contribution in [1.29, 1.82) is 0 Å². The molecule has 0 spiro atoms. The van der Waals surface area contributed by atoms with Gasteiger partial charge in [-0.25, -0.2) is 9.78 Å². The molecule has 35 heavy (non-hydrogen) atoms. The monoisotopic (exact) mass is 477 g/mol. The summed E-state index contributed by atoms with van der Waals surface area (Å²) in [6.45, 7) is 6.06. The van der Waals surface area contributed by atoms with Crippen molar-refractivity contribution < 1.29 is 9.32 Å². The number of nitrogens with one attached hydrogen (secondary N) is 3. The minimum atomic E-state index is -0.372. The number of hydrogen-bond donors (Lipinski definition) is 3. The highest BCUT2D eigenvalue weighted by molar-refractivity contribution is 5.93. The molecule has 4 heterocycles. The molecule has 1 aliphatic carbocycles. The molecular weight excluding hydrogens is 450 g/mol. The van der Waals surface area contributed by atoms with Gasteiger partial charge >= 0.3 is 6.03 Å². The van der Waals surface area contributed by atoms with E-state index in [9.17, 15) is 9.59 Å². The summed E-state index contributed by atoms with van der Waals surface area (Å²) in [6, 6.07) is 1.29. The van der Waals surface area contributed by atoms with Gasteiger partial charge in [-0.3, -0.25) is 14.0 Å². The predicted octanol–water partition coefficient (Wildman–Crippen LogP) is 2.65. The molecule has 1 aliphatic rings. The number of pyridine rings is 1. The van der Waals surface area contributed by atoms with Gasteiger partial charge in [0.2, 0.25) is 5.95 Å². The van der Waals surface area contributed by atoms with E-state index in [0.29, 0.717) is 40.5 Å². The Morgan fingerprint density at radius 1 is 1.26 bits per heavy atom. The number of carbonyl (C=O) groups is 1. The molecule has 0 saturated heterocycles. The first-order chi connectivity index (χ1) is 16.7. The molecule has 5 rings (SSSR count). The van der Waals surface area contributed by atoms with Gasteiger partial charge in [-0.15, -0.1) is 0 Å². The van der Waals surface area contributed by atoms with Crippen molar-refractivity contribution in [1.82, 2.24) is 34.8 Å². The molecule has 1 saturated carbocycles. The molecule has 4 aromatic rings. The van der Waals surface area contributed by atoms with Crippen molar-refractivity contribution in [3.05, 3.63) is 46.8 Å².